The molecule has 1 N–H and O–H groups in total. The van der Waals surface area contributed by atoms with Crippen LogP contribution in [-0.2, 0) is 0 Å². The maximum Gasteiger partial charge on any atom is 0.291 e. The third-order valence-corrected chi connectivity index (χ3v) is 1.98. The quantitative estimate of drug-likeness (QED) is 0.802. The summed E-state index contributed by atoms with van der Waals surface area (Å²) in [4.78, 5) is 17.2. The number of hydrogen-bond donors (Lipinski definition) is 1. The van der Waals surface area contributed by atoms with Crippen LogP contribution in [0.4, 0.5) is 0 Å². The Labute approximate surface area is 88.7 Å². The Bertz CT molecular complexity index is 358. The molecule has 0 spiro atoms. The molecule has 0 aliphatic heterocycles. The van der Waals surface area contributed by atoms with Gasteiger partial charge in [0.1, 0.15) is 0 Å². The van der Waals surface area contributed by atoms with Crippen LogP contribution in [-0.4, -0.2) is 40.6 Å². The average molecular weight is 212 g/mol. The maximum atomic E-state index is 11.8. The predicted molar refractivity (Wildman–Crippen MR) is 54.6 cm³/mol. The van der Waals surface area contributed by atoms with E-state index < -0.39 is 6.10 Å². The number of carbonyl (C=O) groups is 1. The molecule has 0 bridgehead atoms. The third-order valence-electron chi connectivity index (χ3n) is 1.98. The van der Waals surface area contributed by atoms with Gasteiger partial charge in [-0.2, -0.15) is 0 Å². The van der Waals surface area contributed by atoms with E-state index in [1.807, 2.05) is 0 Å². The Kier molecular flexibility index (Phi) is 3.47. The molecule has 0 saturated heterocycles. The predicted octanol–water partition coefficient (Wildman–Crippen LogP) is 0.744. The number of carbonyl (C=O) groups excluding carboxylic acids is 1. The molecule has 1 aromatic heterocycles. The van der Waals surface area contributed by atoms with E-state index >= 15 is 0 Å². The molecule has 1 atom stereocenters. The topological polar surface area (TPSA) is 66.6 Å². The molecule has 84 valence electrons. The number of aliphatic hydroxyl groups excluding tert-OH is 1. The van der Waals surface area contributed by atoms with Gasteiger partial charge in [-0.05, 0) is 13.8 Å². The van der Waals surface area contributed by atoms with Crippen LogP contribution in [0.15, 0.2) is 4.42 Å². The van der Waals surface area contributed by atoms with E-state index in [1.165, 1.54) is 4.90 Å². The number of likely N-dealkylation sites (N-methyl/N-ethyl adjacent to an activating group) is 1. The number of aryl methyl sites for hydroxylation is 2. The first-order chi connectivity index (χ1) is 6.91. The van der Waals surface area contributed by atoms with Crippen molar-refractivity contribution in [3.8, 4) is 0 Å². The summed E-state index contributed by atoms with van der Waals surface area (Å²) in [7, 11) is 1.62. The van der Waals surface area contributed by atoms with Crippen molar-refractivity contribution in [1.29, 1.82) is 0 Å². The minimum absolute atomic E-state index is 0.246. The first kappa shape index (κ1) is 11.7. The molecule has 0 saturated carbocycles. The summed E-state index contributed by atoms with van der Waals surface area (Å²) in [5.74, 6) is 0.464. The van der Waals surface area contributed by atoms with Crippen LogP contribution in [0.3, 0.4) is 0 Å². The summed E-state index contributed by atoms with van der Waals surface area (Å²) in [6.45, 7) is 5.32. The fourth-order valence-corrected chi connectivity index (χ4v) is 1.38. The molecule has 1 heterocycles. The van der Waals surface area contributed by atoms with E-state index in [-0.39, 0.29) is 18.2 Å². The zero-order valence-corrected chi connectivity index (χ0v) is 9.44. The zero-order chi connectivity index (χ0) is 11.6. The van der Waals surface area contributed by atoms with Crippen molar-refractivity contribution in [1.82, 2.24) is 9.88 Å². The van der Waals surface area contributed by atoms with Gasteiger partial charge >= 0.3 is 0 Å². The molecular formula is C10H16N2O3. The molecule has 15 heavy (non-hydrogen) atoms. The van der Waals surface area contributed by atoms with Gasteiger partial charge in [0.25, 0.3) is 5.91 Å². The van der Waals surface area contributed by atoms with E-state index in [0.29, 0.717) is 11.6 Å². The van der Waals surface area contributed by atoms with Gasteiger partial charge in [0.15, 0.2) is 5.89 Å². The number of oxazole rings is 1. The van der Waals surface area contributed by atoms with Crippen molar-refractivity contribution in [2.24, 2.45) is 0 Å². The Morgan fingerprint density at radius 3 is 2.60 bits per heavy atom. The molecule has 5 nitrogen and oxygen atoms in total. The van der Waals surface area contributed by atoms with Crippen LogP contribution in [0, 0.1) is 13.8 Å². The second-order valence-electron chi connectivity index (χ2n) is 3.68. The molecule has 0 aliphatic rings. The van der Waals surface area contributed by atoms with Crippen LogP contribution in [0.1, 0.15) is 29.1 Å². The summed E-state index contributed by atoms with van der Waals surface area (Å²) in [5.41, 5.74) is 0.579. The van der Waals surface area contributed by atoms with Crippen molar-refractivity contribution in [2.75, 3.05) is 13.6 Å². The summed E-state index contributed by atoms with van der Waals surface area (Å²) in [5, 5.41) is 9.15. The van der Waals surface area contributed by atoms with Gasteiger partial charge in [0.2, 0.25) is 5.76 Å². The van der Waals surface area contributed by atoms with Crippen LogP contribution >= 0.6 is 0 Å². The first-order valence-electron chi connectivity index (χ1n) is 4.79. The monoisotopic (exact) mass is 212 g/mol. The number of aromatic nitrogens is 1. The number of rotatable bonds is 3. The minimum atomic E-state index is -0.553. The number of nitrogens with zero attached hydrogens (tertiary/aromatic N) is 2. The molecule has 1 aromatic rings. The van der Waals surface area contributed by atoms with Crippen molar-refractivity contribution in [3.63, 3.8) is 0 Å². The lowest BCUT2D eigenvalue weighted by Crippen LogP contribution is -2.33. The number of hydrogen-bond acceptors (Lipinski definition) is 4. The lowest BCUT2D eigenvalue weighted by molar-refractivity contribution is 0.0671. The average Bonchev–Trinajstić information content (AvgIpc) is 2.42. The lowest BCUT2D eigenvalue weighted by atomic mass is 10.3. The largest absolute Gasteiger partial charge is 0.436 e. The zero-order valence-electron chi connectivity index (χ0n) is 9.44. The highest BCUT2D eigenvalue weighted by molar-refractivity contribution is 5.92. The molecule has 0 aliphatic carbocycles. The van der Waals surface area contributed by atoms with Crippen LogP contribution < -0.4 is 0 Å². The highest BCUT2D eigenvalue weighted by Crippen LogP contribution is 2.11. The van der Waals surface area contributed by atoms with Crippen LogP contribution in [0.5, 0.6) is 0 Å². The van der Waals surface area contributed by atoms with Gasteiger partial charge in [0.05, 0.1) is 11.8 Å². The standard InChI is InChI=1S/C10H16N2O3/c1-6(13)5-12(4)10(14)9-7(2)11-8(3)15-9/h6,13H,5H2,1-4H3. The first-order valence-corrected chi connectivity index (χ1v) is 4.79. The molecule has 1 rings (SSSR count). The van der Waals surface area contributed by atoms with Gasteiger partial charge in [-0.25, -0.2) is 4.98 Å². The van der Waals surface area contributed by atoms with Crippen LogP contribution in [0.25, 0.3) is 0 Å². The Balaban J connectivity index is 2.80. The maximum absolute atomic E-state index is 11.8. The lowest BCUT2D eigenvalue weighted by Gasteiger charge is -2.17. The van der Waals surface area contributed by atoms with Crippen molar-refractivity contribution < 1.29 is 14.3 Å². The van der Waals surface area contributed by atoms with E-state index in [1.54, 1.807) is 27.8 Å². The van der Waals surface area contributed by atoms with E-state index in [4.69, 9.17) is 9.52 Å². The summed E-state index contributed by atoms with van der Waals surface area (Å²) >= 11 is 0. The second-order valence-corrected chi connectivity index (χ2v) is 3.68. The normalized spacial score (nSPS) is 12.6. The van der Waals surface area contributed by atoms with E-state index in [9.17, 15) is 4.79 Å². The highest BCUT2D eigenvalue weighted by atomic mass is 16.4. The van der Waals surface area contributed by atoms with Gasteiger partial charge in [-0.3, -0.25) is 4.79 Å². The fraction of sp³-hybridized carbons (Fsp3) is 0.600. The molecule has 0 radical (unpaired) electrons. The fourth-order valence-electron chi connectivity index (χ4n) is 1.38. The molecule has 0 aromatic carbocycles. The summed E-state index contributed by atoms with van der Waals surface area (Å²) in [6, 6.07) is 0. The van der Waals surface area contributed by atoms with Crippen molar-refractivity contribution in [2.45, 2.75) is 26.9 Å². The Morgan fingerprint density at radius 1 is 1.60 bits per heavy atom. The molecule has 5 heteroatoms. The van der Waals surface area contributed by atoms with Gasteiger partial charge in [-0.1, -0.05) is 0 Å². The van der Waals surface area contributed by atoms with Gasteiger partial charge < -0.3 is 14.4 Å². The SMILES string of the molecule is Cc1nc(C)c(C(=O)N(C)CC(C)O)o1. The molecule has 0 fully saturated rings. The van der Waals surface area contributed by atoms with Crippen molar-refractivity contribution >= 4 is 5.91 Å². The highest BCUT2D eigenvalue weighted by Gasteiger charge is 2.20. The number of amides is 1. The second kappa shape index (κ2) is 4.44. The molecule has 1 unspecified atom stereocenters. The third kappa shape index (κ3) is 2.79. The van der Waals surface area contributed by atoms with E-state index in [0.717, 1.165) is 0 Å². The minimum Gasteiger partial charge on any atom is -0.436 e. The molecule has 1 amide bonds. The Morgan fingerprint density at radius 2 is 2.20 bits per heavy atom. The van der Waals surface area contributed by atoms with Gasteiger partial charge in [-0.15, -0.1) is 0 Å². The van der Waals surface area contributed by atoms with Crippen molar-refractivity contribution in [3.05, 3.63) is 17.3 Å². The Hall–Kier alpha value is -1.36. The molecular weight excluding hydrogens is 196 g/mol. The number of aliphatic hydroxyl groups is 1. The van der Waals surface area contributed by atoms with Crippen LogP contribution in [0.2, 0.25) is 0 Å². The summed E-state index contributed by atoms with van der Waals surface area (Å²) < 4.78 is 5.19. The summed E-state index contributed by atoms with van der Waals surface area (Å²) in [6.07, 6.45) is -0.553. The van der Waals surface area contributed by atoms with E-state index in [2.05, 4.69) is 4.98 Å². The smallest absolute Gasteiger partial charge is 0.291 e. The van der Waals surface area contributed by atoms with Gasteiger partial charge in [0, 0.05) is 20.5 Å².